The van der Waals surface area contributed by atoms with Crippen molar-refractivity contribution in [3.63, 3.8) is 0 Å². The summed E-state index contributed by atoms with van der Waals surface area (Å²) in [5.74, 6) is -0.505. The molecule has 21 heavy (non-hydrogen) atoms. The Labute approximate surface area is 125 Å². The summed E-state index contributed by atoms with van der Waals surface area (Å²) in [4.78, 5) is 21.5. The first-order valence-electron chi connectivity index (χ1n) is 6.04. The van der Waals surface area contributed by atoms with Crippen molar-refractivity contribution in [3.8, 4) is 0 Å². The number of benzene rings is 2. The highest BCUT2D eigenvalue weighted by Crippen LogP contribution is 2.24. The van der Waals surface area contributed by atoms with Gasteiger partial charge in [-0.3, -0.25) is 14.9 Å². The van der Waals surface area contributed by atoms with Gasteiger partial charge < -0.3 is 11.1 Å². The molecule has 2 rings (SSSR count). The minimum atomic E-state index is -0.505. The highest BCUT2D eigenvalue weighted by atomic mass is 35.5. The van der Waals surface area contributed by atoms with Gasteiger partial charge in [-0.2, -0.15) is 0 Å². The summed E-state index contributed by atoms with van der Waals surface area (Å²) in [5.41, 5.74) is 6.76. The zero-order valence-corrected chi connectivity index (χ0v) is 11.6. The predicted octanol–water partition coefficient (Wildman–Crippen LogP) is 2.96. The van der Waals surface area contributed by atoms with Crippen molar-refractivity contribution in [2.24, 2.45) is 5.73 Å². The Morgan fingerprint density at radius 2 is 1.90 bits per heavy atom. The van der Waals surface area contributed by atoms with E-state index in [1.54, 1.807) is 36.4 Å². The number of amides is 1. The first-order valence-corrected chi connectivity index (χ1v) is 6.42. The Morgan fingerprint density at radius 1 is 1.24 bits per heavy atom. The van der Waals surface area contributed by atoms with Crippen molar-refractivity contribution < 1.29 is 9.72 Å². The number of primary amides is 1. The first-order chi connectivity index (χ1) is 9.97. The maximum absolute atomic E-state index is 11.0. The summed E-state index contributed by atoms with van der Waals surface area (Å²) in [7, 11) is 0. The van der Waals surface area contributed by atoms with Crippen LogP contribution < -0.4 is 11.1 Å². The number of nitrogens with one attached hydrogen (secondary N) is 1. The molecule has 0 unspecified atom stereocenters. The molecule has 0 aromatic heterocycles. The van der Waals surface area contributed by atoms with Crippen LogP contribution in [0.1, 0.15) is 15.9 Å². The molecule has 0 aliphatic carbocycles. The molecular weight excluding hydrogens is 294 g/mol. The Bertz CT molecular complexity index is 686. The number of hydrogen-bond acceptors (Lipinski definition) is 4. The molecule has 7 heteroatoms. The highest BCUT2D eigenvalue weighted by Gasteiger charge is 2.13. The number of carbonyl (C=O) groups is 1. The summed E-state index contributed by atoms with van der Waals surface area (Å²) in [5, 5.41) is 14.3. The van der Waals surface area contributed by atoms with E-state index in [0.717, 1.165) is 5.69 Å². The minimum Gasteiger partial charge on any atom is -0.381 e. The number of nitro benzene ring substituents is 1. The minimum absolute atomic E-state index is 0.0382. The van der Waals surface area contributed by atoms with Gasteiger partial charge in [-0.1, -0.05) is 11.6 Å². The molecule has 2 aromatic carbocycles. The number of carbonyl (C=O) groups excluding carboxylic acids is 1. The van der Waals surface area contributed by atoms with Gasteiger partial charge in [-0.25, -0.2) is 0 Å². The second kappa shape index (κ2) is 6.23. The Kier molecular flexibility index (Phi) is 4.39. The number of nitrogens with two attached hydrogens (primary N) is 1. The normalized spacial score (nSPS) is 10.1. The van der Waals surface area contributed by atoms with E-state index in [1.165, 1.54) is 6.07 Å². The van der Waals surface area contributed by atoms with E-state index in [4.69, 9.17) is 17.3 Å². The molecule has 108 valence electrons. The third-order valence-electron chi connectivity index (χ3n) is 2.90. The molecule has 0 aliphatic rings. The maximum atomic E-state index is 11.0. The van der Waals surface area contributed by atoms with Crippen molar-refractivity contribution in [2.75, 3.05) is 5.32 Å². The molecule has 1 amide bonds. The topological polar surface area (TPSA) is 98.3 Å². The Balaban J connectivity index is 2.13. The van der Waals surface area contributed by atoms with Crippen LogP contribution in [0.25, 0.3) is 0 Å². The predicted molar refractivity (Wildman–Crippen MR) is 80.4 cm³/mol. The molecular formula is C14H12ClN3O3. The first kappa shape index (κ1) is 14.8. The third-order valence-corrected chi connectivity index (χ3v) is 3.13. The van der Waals surface area contributed by atoms with Crippen LogP contribution in [0.4, 0.5) is 11.4 Å². The molecule has 2 aromatic rings. The fraction of sp³-hybridized carbons (Fsp3) is 0.0714. The molecule has 3 N–H and O–H groups in total. The van der Waals surface area contributed by atoms with Crippen LogP contribution in [0, 0.1) is 10.1 Å². The number of anilines is 1. The maximum Gasteiger partial charge on any atom is 0.275 e. The lowest BCUT2D eigenvalue weighted by atomic mass is 10.1. The van der Waals surface area contributed by atoms with Gasteiger partial charge in [0.15, 0.2) is 0 Å². The second-order valence-electron chi connectivity index (χ2n) is 4.33. The van der Waals surface area contributed by atoms with E-state index in [2.05, 4.69) is 5.32 Å². The van der Waals surface area contributed by atoms with Gasteiger partial charge in [0.2, 0.25) is 5.91 Å². The van der Waals surface area contributed by atoms with Crippen LogP contribution >= 0.6 is 11.6 Å². The molecule has 0 spiro atoms. The average molecular weight is 306 g/mol. The van der Waals surface area contributed by atoms with E-state index >= 15 is 0 Å². The molecule has 0 saturated carbocycles. The van der Waals surface area contributed by atoms with E-state index in [1.807, 2.05) is 0 Å². The monoisotopic (exact) mass is 305 g/mol. The van der Waals surface area contributed by atoms with E-state index in [0.29, 0.717) is 16.1 Å². The fourth-order valence-electron chi connectivity index (χ4n) is 1.81. The zero-order valence-electron chi connectivity index (χ0n) is 10.9. The number of nitro groups is 1. The van der Waals surface area contributed by atoms with Gasteiger partial charge in [0, 0.05) is 34.4 Å². The van der Waals surface area contributed by atoms with Crippen molar-refractivity contribution in [2.45, 2.75) is 6.54 Å². The van der Waals surface area contributed by atoms with Gasteiger partial charge in [-0.05, 0) is 36.4 Å². The van der Waals surface area contributed by atoms with Gasteiger partial charge in [0.25, 0.3) is 5.69 Å². The number of nitrogens with zero attached hydrogens (tertiary/aromatic N) is 1. The van der Waals surface area contributed by atoms with E-state index in [-0.39, 0.29) is 12.2 Å². The van der Waals surface area contributed by atoms with E-state index in [9.17, 15) is 14.9 Å². The largest absolute Gasteiger partial charge is 0.381 e. The molecule has 0 heterocycles. The zero-order chi connectivity index (χ0) is 15.4. The molecule has 0 fully saturated rings. The van der Waals surface area contributed by atoms with Crippen LogP contribution in [0.2, 0.25) is 5.02 Å². The second-order valence-corrected chi connectivity index (χ2v) is 4.76. The van der Waals surface area contributed by atoms with Gasteiger partial charge in [0.1, 0.15) is 0 Å². The van der Waals surface area contributed by atoms with Gasteiger partial charge in [0.05, 0.1) is 4.92 Å². The summed E-state index contributed by atoms with van der Waals surface area (Å²) in [6, 6.07) is 11.0. The summed E-state index contributed by atoms with van der Waals surface area (Å²) >= 11 is 5.76. The summed E-state index contributed by atoms with van der Waals surface area (Å²) in [6.07, 6.45) is 0. The number of rotatable bonds is 5. The van der Waals surface area contributed by atoms with Crippen molar-refractivity contribution in [1.29, 1.82) is 0 Å². The van der Waals surface area contributed by atoms with Crippen molar-refractivity contribution in [1.82, 2.24) is 0 Å². The lowest BCUT2D eigenvalue weighted by Crippen LogP contribution is -2.10. The molecule has 6 nitrogen and oxygen atoms in total. The smallest absolute Gasteiger partial charge is 0.275 e. The Hall–Kier alpha value is -2.60. The van der Waals surface area contributed by atoms with Crippen LogP contribution in [0.5, 0.6) is 0 Å². The van der Waals surface area contributed by atoms with Crippen molar-refractivity contribution >= 4 is 28.9 Å². The van der Waals surface area contributed by atoms with Crippen molar-refractivity contribution in [3.05, 3.63) is 68.7 Å². The molecule has 0 bridgehead atoms. The number of halogens is 1. The molecule has 0 atom stereocenters. The quantitative estimate of drug-likeness (QED) is 0.655. The molecule has 0 radical (unpaired) electrons. The van der Waals surface area contributed by atoms with Gasteiger partial charge in [-0.15, -0.1) is 0 Å². The standard InChI is InChI=1S/C14H12ClN3O3/c15-11-4-1-10(13(7-11)18(20)21)8-17-12-5-2-9(3-6-12)14(16)19/h1-7,17H,8H2,(H2,16,19). The van der Waals surface area contributed by atoms with Crippen LogP contribution in [0.3, 0.4) is 0 Å². The lowest BCUT2D eigenvalue weighted by molar-refractivity contribution is -0.385. The van der Waals surface area contributed by atoms with Gasteiger partial charge >= 0.3 is 0 Å². The lowest BCUT2D eigenvalue weighted by Gasteiger charge is -2.08. The summed E-state index contributed by atoms with van der Waals surface area (Å²) in [6.45, 7) is 0.267. The SMILES string of the molecule is NC(=O)c1ccc(NCc2ccc(Cl)cc2[N+](=O)[O-])cc1. The summed E-state index contributed by atoms with van der Waals surface area (Å²) < 4.78 is 0. The highest BCUT2D eigenvalue weighted by molar-refractivity contribution is 6.30. The number of hydrogen-bond donors (Lipinski definition) is 2. The van der Waals surface area contributed by atoms with E-state index < -0.39 is 10.8 Å². The van der Waals surface area contributed by atoms with Crippen LogP contribution in [-0.4, -0.2) is 10.8 Å². The third kappa shape index (κ3) is 3.70. The average Bonchev–Trinajstić information content (AvgIpc) is 2.46. The van der Waals surface area contributed by atoms with Crippen LogP contribution in [-0.2, 0) is 6.54 Å². The Morgan fingerprint density at radius 3 is 2.48 bits per heavy atom. The van der Waals surface area contributed by atoms with Crippen LogP contribution in [0.15, 0.2) is 42.5 Å². The molecule has 0 saturated heterocycles. The fourth-order valence-corrected chi connectivity index (χ4v) is 1.97. The molecule has 0 aliphatic heterocycles.